The number of ether oxygens (including phenoxy) is 1. The van der Waals surface area contributed by atoms with Crippen molar-refractivity contribution >= 4 is 35.0 Å². The summed E-state index contributed by atoms with van der Waals surface area (Å²) in [6.07, 6.45) is 0.263. The number of hydrogen-bond acceptors (Lipinski definition) is 14. The topological polar surface area (TPSA) is 219 Å². The van der Waals surface area contributed by atoms with Gasteiger partial charge in [0.05, 0.1) is 46.3 Å². The van der Waals surface area contributed by atoms with Gasteiger partial charge in [-0.1, -0.05) is 100 Å². The van der Waals surface area contributed by atoms with E-state index in [1.54, 1.807) is 35.3 Å². The molecule has 18 heteroatoms. The van der Waals surface area contributed by atoms with Crippen molar-refractivity contribution in [2.75, 3.05) is 13.1 Å². The van der Waals surface area contributed by atoms with Crippen LogP contribution in [0.5, 0.6) is 0 Å². The number of thiazole rings is 1. The Balaban J connectivity index is 0.939. The number of nitrogens with one attached hydrogen (secondary N) is 2. The third-order valence-corrected chi connectivity index (χ3v) is 14.0. The fourth-order valence-electron chi connectivity index (χ4n) is 9.46. The van der Waals surface area contributed by atoms with Gasteiger partial charge in [0.25, 0.3) is 0 Å². The van der Waals surface area contributed by atoms with Crippen molar-refractivity contribution in [3.8, 4) is 21.8 Å². The second-order valence-electron chi connectivity index (χ2n) is 20.6. The Morgan fingerprint density at radius 1 is 0.743 bits per heavy atom. The molecule has 6 atom stereocenters. The van der Waals surface area contributed by atoms with E-state index in [4.69, 9.17) is 18.2 Å². The lowest BCUT2D eigenvalue weighted by Gasteiger charge is -2.33. The van der Waals surface area contributed by atoms with Gasteiger partial charge in [0.2, 0.25) is 23.6 Å². The van der Waals surface area contributed by atoms with Gasteiger partial charge in [0, 0.05) is 56.7 Å². The third kappa shape index (κ3) is 11.1. The smallest absolute Gasteiger partial charge is 0.243 e. The molecule has 6 heterocycles. The summed E-state index contributed by atoms with van der Waals surface area (Å²) >= 11 is 1.57. The first-order chi connectivity index (χ1) is 33.2. The Morgan fingerprint density at radius 3 is 1.83 bits per heavy atom. The third-order valence-electron chi connectivity index (χ3n) is 13.1. The molecule has 8 rings (SSSR count). The first kappa shape index (κ1) is 49.9. The lowest BCUT2D eigenvalue weighted by molar-refractivity contribution is -0.142. The van der Waals surface area contributed by atoms with Crippen LogP contribution in [-0.4, -0.2) is 96.2 Å². The van der Waals surface area contributed by atoms with E-state index in [1.165, 1.54) is 11.3 Å². The van der Waals surface area contributed by atoms with Crippen LogP contribution >= 0.6 is 11.3 Å². The number of benzene rings is 2. The Labute approximate surface area is 411 Å². The Hall–Kier alpha value is -6.50. The van der Waals surface area contributed by atoms with E-state index >= 15 is 0 Å². The quantitative estimate of drug-likeness (QED) is 0.0914. The van der Waals surface area contributed by atoms with Crippen LogP contribution in [0.2, 0.25) is 0 Å². The van der Waals surface area contributed by atoms with E-state index in [0.29, 0.717) is 22.9 Å². The first-order valence-electron chi connectivity index (χ1n) is 23.6. The second kappa shape index (κ2) is 20.5. The predicted octanol–water partition coefficient (Wildman–Crippen LogP) is 7.41. The average Bonchev–Trinajstić information content (AvgIpc) is 4.19. The van der Waals surface area contributed by atoms with E-state index in [2.05, 4.69) is 30.9 Å². The summed E-state index contributed by atoms with van der Waals surface area (Å²) < 4.78 is 23.5. The largest absolute Gasteiger partial charge is 0.443 e. The monoisotopic (exact) mass is 974 g/mol. The summed E-state index contributed by atoms with van der Waals surface area (Å²) in [6.45, 7) is 17.7. The van der Waals surface area contributed by atoms with Crippen molar-refractivity contribution < 1.29 is 42.5 Å². The number of aryl methyl sites for hydroxylation is 3. The van der Waals surface area contributed by atoms with Crippen molar-refractivity contribution in [3.63, 3.8) is 0 Å². The molecule has 2 saturated heterocycles. The standard InChI is InChI=1S/C52H62N8O9S/c1-29-18-41(68-57-29)43(51(4,5)6)50(65)60-25-38(21-40(60)48(63)54-22-32-10-14-34(15-11-32)45-30(2)55-27-67-45)66-26-36-19-42(69-58-36)44(52(7,8)9)49(64)59-24-37(61)20-39(59)47(62)53-23-33-12-16-35(17-13-33)46-31(3)56-28-70-46/h10-19,27-28,37-40,43-44,61H,20-26H2,1-9H3,(H,53,62)(H,54,63)/t37-,38-,39+,40+,43-,44-/m1/s1. The molecular weight excluding hydrogens is 913 g/mol. The van der Waals surface area contributed by atoms with Gasteiger partial charge >= 0.3 is 0 Å². The molecule has 0 bridgehead atoms. The van der Waals surface area contributed by atoms with E-state index in [-0.39, 0.29) is 75.0 Å². The maximum Gasteiger partial charge on any atom is 0.243 e. The number of aliphatic hydroxyl groups is 1. The van der Waals surface area contributed by atoms with Crippen LogP contribution in [0.1, 0.15) is 112 Å². The molecule has 2 fully saturated rings. The van der Waals surface area contributed by atoms with Crippen LogP contribution in [0.3, 0.4) is 0 Å². The minimum absolute atomic E-state index is 0.00996. The van der Waals surface area contributed by atoms with Crippen LogP contribution in [0, 0.1) is 31.6 Å². The molecule has 0 spiro atoms. The minimum Gasteiger partial charge on any atom is -0.443 e. The van der Waals surface area contributed by atoms with Crippen LogP contribution in [0.4, 0.5) is 0 Å². The molecule has 0 aliphatic carbocycles. The summed E-state index contributed by atoms with van der Waals surface area (Å²) in [4.78, 5) is 69.7. The molecule has 0 saturated carbocycles. The average molecular weight is 975 g/mol. The Kier molecular flexibility index (Phi) is 14.6. The lowest BCUT2D eigenvalue weighted by Crippen LogP contribution is -2.49. The van der Waals surface area contributed by atoms with E-state index in [9.17, 15) is 24.3 Å². The zero-order chi connectivity index (χ0) is 50.1. The second-order valence-corrected chi connectivity index (χ2v) is 21.5. The molecule has 4 amide bonds. The van der Waals surface area contributed by atoms with Crippen molar-refractivity contribution in [2.45, 2.75) is 131 Å². The number of oxazole rings is 1. The van der Waals surface area contributed by atoms with Crippen LogP contribution < -0.4 is 10.6 Å². The number of aliphatic hydroxyl groups excluding tert-OH is 1. The number of rotatable bonds is 15. The fraction of sp³-hybridized carbons (Fsp3) is 0.462. The van der Waals surface area contributed by atoms with Crippen molar-refractivity contribution in [1.29, 1.82) is 0 Å². The van der Waals surface area contributed by atoms with Gasteiger partial charge in [-0.3, -0.25) is 19.2 Å². The van der Waals surface area contributed by atoms with Crippen molar-refractivity contribution in [3.05, 3.63) is 118 Å². The number of amides is 4. The van der Waals surface area contributed by atoms with Crippen LogP contribution in [0.15, 0.2) is 86.0 Å². The highest BCUT2D eigenvalue weighted by Gasteiger charge is 2.48. The molecular formula is C52H62N8O9S. The number of carbonyl (C=O) groups excluding carboxylic acids is 4. The highest BCUT2D eigenvalue weighted by atomic mass is 32.1. The number of carbonyl (C=O) groups is 4. The summed E-state index contributed by atoms with van der Waals surface area (Å²) in [5, 5.41) is 25.2. The van der Waals surface area contributed by atoms with E-state index < -0.39 is 47.0 Å². The Morgan fingerprint density at radius 2 is 1.30 bits per heavy atom. The zero-order valence-electron chi connectivity index (χ0n) is 41.1. The number of likely N-dealkylation sites (tertiary alicyclic amines) is 2. The van der Waals surface area contributed by atoms with Gasteiger partial charge in [-0.25, -0.2) is 9.97 Å². The SMILES string of the molecule is Cc1cc([C@H](C(=O)N2C[C@H](OCc3cc([C@H](C(=O)N4C[C@H](O)C[C@H]4C(=O)NCc4ccc(-c5scnc5C)cc4)C(C)(C)C)on3)C[C@H]2C(=O)NCc2ccc(-c3ocnc3C)cc2)C(C)(C)C)on1. The van der Waals surface area contributed by atoms with E-state index in [1.807, 2.05) is 109 Å². The number of nitrogens with zero attached hydrogens (tertiary/aromatic N) is 6. The normalized spacial score (nSPS) is 19.3. The van der Waals surface area contributed by atoms with Gasteiger partial charge in [0.15, 0.2) is 12.2 Å². The van der Waals surface area contributed by atoms with Gasteiger partial charge in [-0.15, -0.1) is 11.3 Å². The maximum absolute atomic E-state index is 14.7. The molecule has 2 aliphatic heterocycles. The molecule has 17 nitrogen and oxygen atoms in total. The molecule has 6 aromatic rings. The maximum atomic E-state index is 14.7. The van der Waals surface area contributed by atoms with Gasteiger partial charge in [0.1, 0.15) is 41.1 Å². The van der Waals surface area contributed by atoms with Gasteiger partial charge in [-0.05, 0) is 48.3 Å². The molecule has 0 unspecified atom stereocenters. The lowest BCUT2D eigenvalue weighted by atomic mass is 9.78. The molecule has 370 valence electrons. The molecule has 3 N–H and O–H groups in total. The number of aromatic nitrogens is 4. The predicted molar refractivity (Wildman–Crippen MR) is 260 cm³/mol. The van der Waals surface area contributed by atoms with Gasteiger partial charge < -0.3 is 43.7 Å². The van der Waals surface area contributed by atoms with Crippen molar-refractivity contribution in [1.82, 2.24) is 40.7 Å². The molecule has 70 heavy (non-hydrogen) atoms. The van der Waals surface area contributed by atoms with Crippen LogP contribution in [0.25, 0.3) is 21.8 Å². The highest BCUT2D eigenvalue weighted by molar-refractivity contribution is 7.13. The Bertz CT molecular complexity index is 2800. The summed E-state index contributed by atoms with van der Waals surface area (Å²) in [7, 11) is 0. The van der Waals surface area contributed by atoms with E-state index in [0.717, 1.165) is 38.5 Å². The molecule has 0 radical (unpaired) electrons. The highest BCUT2D eigenvalue weighted by Crippen LogP contribution is 2.41. The minimum atomic E-state index is -0.892. The van der Waals surface area contributed by atoms with Gasteiger partial charge in [-0.2, -0.15) is 0 Å². The summed E-state index contributed by atoms with van der Waals surface area (Å²) in [5.41, 5.74) is 6.99. The molecule has 2 aromatic carbocycles. The summed E-state index contributed by atoms with van der Waals surface area (Å²) in [5.74, 6) is -1.57. The first-order valence-corrected chi connectivity index (χ1v) is 24.5. The number of hydrogen-bond donors (Lipinski definition) is 3. The number of β-amino-alcohol motifs (C(OH)–C–C–N with tert-alkyl or cyclic N) is 1. The zero-order valence-corrected chi connectivity index (χ0v) is 42.0. The van der Waals surface area contributed by atoms with Crippen molar-refractivity contribution in [2.24, 2.45) is 10.8 Å². The fourth-order valence-corrected chi connectivity index (χ4v) is 10.3. The molecule has 4 aromatic heterocycles. The molecule has 2 aliphatic rings. The summed E-state index contributed by atoms with van der Waals surface area (Å²) in [6, 6.07) is 17.2. The van der Waals surface area contributed by atoms with Crippen LogP contribution in [-0.2, 0) is 43.6 Å².